The Morgan fingerprint density at radius 3 is 2.78 bits per heavy atom. The van der Waals surface area contributed by atoms with Crippen LogP contribution in [0, 0.1) is 5.92 Å². The minimum atomic E-state index is -1.10. The van der Waals surface area contributed by atoms with Crippen LogP contribution in [0.4, 0.5) is 0 Å². The highest BCUT2D eigenvalue weighted by Crippen LogP contribution is 2.18. The minimum absolute atomic E-state index is 0.0109. The fourth-order valence-electron chi connectivity index (χ4n) is 1.21. The molecule has 0 fully saturated rings. The van der Waals surface area contributed by atoms with E-state index in [2.05, 4.69) is 4.98 Å². The fraction of sp³-hybridized carbons (Fsp3) is 0.500. The van der Waals surface area contributed by atoms with E-state index in [1.54, 1.807) is 0 Å². The van der Waals surface area contributed by atoms with Gasteiger partial charge in [0.25, 0.3) is 0 Å². The van der Waals surface area contributed by atoms with Gasteiger partial charge in [0.2, 0.25) is 5.88 Å². The van der Waals surface area contributed by atoms with Gasteiger partial charge in [0.15, 0.2) is 0 Å². The summed E-state index contributed by atoms with van der Waals surface area (Å²) < 4.78 is 10.6. The lowest BCUT2D eigenvalue weighted by Crippen LogP contribution is -2.12. The van der Waals surface area contributed by atoms with Gasteiger partial charge in [0, 0.05) is 6.61 Å². The predicted molar refractivity (Wildman–Crippen MR) is 67.4 cm³/mol. The van der Waals surface area contributed by atoms with Crippen LogP contribution in [0.1, 0.15) is 24.2 Å². The largest absolute Gasteiger partial charge is 0.477 e. The first-order chi connectivity index (χ1) is 8.50. The van der Waals surface area contributed by atoms with Crippen LogP contribution in [-0.2, 0) is 4.74 Å². The topological polar surface area (TPSA) is 68.7 Å². The zero-order chi connectivity index (χ0) is 13.5. The maximum atomic E-state index is 10.9. The zero-order valence-electron chi connectivity index (χ0n) is 10.4. The van der Waals surface area contributed by atoms with Gasteiger partial charge in [-0.1, -0.05) is 25.4 Å². The molecule has 1 aromatic heterocycles. The van der Waals surface area contributed by atoms with E-state index in [1.807, 2.05) is 13.8 Å². The maximum absolute atomic E-state index is 10.9. The Labute approximate surface area is 111 Å². The number of aromatic carboxylic acids is 1. The summed E-state index contributed by atoms with van der Waals surface area (Å²) in [6.07, 6.45) is 0. The van der Waals surface area contributed by atoms with Crippen molar-refractivity contribution in [1.29, 1.82) is 0 Å². The highest BCUT2D eigenvalue weighted by molar-refractivity contribution is 6.29. The summed E-state index contributed by atoms with van der Waals surface area (Å²) in [7, 11) is 0. The first kappa shape index (κ1) is 14.7. The molecule has 0 saturated carbocycles. The molecule has 0 radical (unpaired) electrons. The number of ether oxygens (including phenoxy) is 2. The lowest BCUT2D eigenvalue weighted by molar-refractivity contribution is 0.0673. The molecule has 100 valence electrons. The Hall–Kier alpha value is -1.33. The summed E-state index contributed by atoms with van der Waals surface area (Å²) in [4.78, 5) is 14.8. The molecule has 0 aliphatic heterocycles. The van der Waals surface area contributed by atoms with Crippen LogP contribution in [0.2, 0.25) is 5.15 Å². The van der Waals surface area contributed by atoms with Gasteiger partial charge in [-0.15, -0.1) is 0 Å². The Morgan fingerprint density at radius 1 is 1.44 bits per heavy atom. The summed E-state index contributed by atoms with van der Waals surface area (Å²) >= 11 is 5.69. The van der Waals surface area contributed by atoms with E-state index < -0.39 is 5.97 Å². The van der Waals surface area contributed by atoms with E-state index in [4.69, 9.17) is 26.2 Å². The number of pyridine rings is 1. The number of hydrogen-bond donors (Lipinski definition) is 1. The molecule has 0 spiro atoms. The third-order valence-electron chi connectivity index (χ3n) is 1.97. The number of carboxylic acid groups (broad SMARTS) is 1. The molecule has 1 N–H and O–H groups in total. The second-order valence-corrected chi connectivity index (χ2v) is 4.50. The number of nitrogens with zero attached hydrogens (tertiary/aromatic N) is 1. The van der Waals surface area contributed by atoms with E-state index in [0.29, 0.717) is 19.1 Å². The van der Waals surface area contributed by atoms with Crippen LogP contribution < -0.4 is 4.74 Å². The van der Waals surface area contributed by atoms with Gasteiger partial charge in [-0.2, -0.15) is 0 Å². The van der Waals surface area contributed by atoms with Gasteiger partial charge in [-0.25, -0.2) is 9.78 Å². The van der Waals surface area contributed by atoms with Gasteiger partial charge < -0.3 is 14.6 Å². The molecule has 6 heteroatoms. The lowest BCUT2D eigenvalue weighted by atomic mass is 10.2. The van der Waals surface area contributed by atoms with Crippen LogP contribution >= 0.6 is 11.6 Å². The highest BCUT2D eigenvalue weighted by atomic mass is 35.5. The molecule has 18 heavy (non-hydrogen) atoms. The second-order valence-electron chi connectivity index (χ2n) is 4.11. The van der Waals surface area contributed by atoms with Gasteiger partial charge >= 0.3 is 5.97 Å². The second kappa shape index (κ2) is 7.18. The third-order valence-corrected chi connectivity index (χ3v) is 2.18. The van der Waals surface area contributed by atoms with Crippen molar-refractivity contribution in [3.8, 4) is 5.88 Å². The van der Waals surface area contributed by atoms with Gasteiger partial charge in [-0.05, 0) is 18.1 Å². The van der Waals surface area contributed by atoms with Crippen molar-refractivity contribution < 1.29 is 19.4 Å². The van der Waals surface area contributed by atoms with Crippen LogP contribution in [0.3, 0.4) is 0 Å². The first-order valence-corrected chi connectivity index (χ1v) is 5.99. The molecule has 0 aliphatic carbocycles. The molecule has 1 aromatic rings. The Bertz CT molecular complexity index is 409. The Morgan fingerprint density at radius 2 is 2.17 bits per heavy atom. The van der Waals surface area contributed by atoms with Crippen molar-refractivity contribution in [2.24, 2.45) is 5.92 Å². The van der Waals surface area contributed by atoms with E-state index in [1.165, 1.54) is 12.1 Å². The van der Waals surface area contributed by atoms with Crippen molar-refractivity contribution in [1.82, 2.24) is 4.98 Å². The van der Waals surface area contributed by atoms with Gasteiger partial charge in [0.05, 0.1) is 6.61 Å². The smallest absolute Gasteiger partial charge is 0.341 e. The number of carbonyl (C=O) groups is 1. The van der Waals surface area contributed by atoms with Gasteiger partial charge in [-0.3, -0.25) is 0 Å². The number of aromatic nitrogens is 1. The number of hydrogen-bond acceptors (Lipinski definition) is 4. The van der Waals surface area contributed by atoms with Crippen LogP contribution in [-0.4, -0.2) is 35.9 Å². The zero-order valence-corrected chi connectivity index (χ0v) is 11.1. The van der Waals surface area contributed by atoms with Gasteiger partial charge in [0.1, 0.15) is 17.3 Å². The van der Waals surface area contributed by atoms with Crippen molar-refractivity contribution in [3.05, 3.63) is 22.8 Å². The number of rotatable bonds is 7. The average Bonchev–Trinajstić information content (AvgIpc) is 2.27. The summed E-state index contributed by atoms with van der Waals surface area (Å²) in [5.41, 5.74) is -0.0109. The predicted octanol–water partition coefficient (Wildman–Crippen LogP) is 2.48. The van der Waals surface area contributed by atoms with E-state index in [-0.39, 0.29) is 23.2 Å². The summed E-state index contributed by atoms with van der Waals surface area (Å²) in [6.45, 7) is 5.34. The quantitative estimate of drug-likeness (QED) is 0.610. The molecule has 5 nitrogen and oxygen atoms in total. The van der Waals surface area contributed by atoms with Crippen molar-refractivity contribution >= 4 is 17.6 Å². The van der Waals surface area contributed by atoms with Crippen molar-refractivity contribution in [3.63, 3.8) is 0 Å². The van der Waals surface area contributed by atoms with Crippen LogP contribution in [0.25, 0.3) is 0 Å². The van der Waals surface area contributed by atoms with E-state index in [9.17, 15) is 4.79 Å². The molecule has 1 heterocycles. The SMILES string of the molecule is CC(C)COCCOc1nc(Cl)ccc1C(=O)O. The first-order valence-electron chi connectivity index (χ1n) is 5.61. The summed E-state index contributed by atoms with van der Waals surface area (Å²) in [6, 6.07) is 2.77. The molecule has 1 rings (SSSR count). The molecule has 0 aliphatic rings. The minimum Gasteiger partial charge on any atom is -0.477 e. The monoisotopic (exact) mass is 273 g/mol. The Kier molecular flexibility index (Phi) is 5.88. The fourth-order valence-corrected chi connectivity index (χ4v) is 1.35. The molecule has 0 atom stereocenters. The Balaban J connectivity index is 2.50. The molecule has 0 unspecified atom stereocenters. The van der Waals surface area contributed by atoms with E-state index in [0.717, 1.165) is 0 Å². The maximum Gasteiger partial charge on any atom is 0.341 e. The molecular weight excluding hydrogens is 258 g/mol. The molecule has 0 amide bonds. The standard InChI is InChI=1S/C12H16ClNO4/c1-8(2)7-17-5-6-18-11-9(12(15)16)3-4-10(13)14-11/h3-4,8H,5-7H2,1-2H3,(H,15,16). The molecule has 0 bridgehead atoms. The summed E-state index contributed by atoms with van der Waals surface area (Å²) in [5.74, 6) is -0.635. The van der Waals surface area contributed by atoms with Crippen LogP contribution in [0.5, 0.6) is 5.88 Å². The summed E-state index contributed by atoms with van der Waals surface area (Å²) in [5, 5.41) is 9.13. The molecular formula is C12H16ClNO4. The molecule has 0 saturated heterocycles. The average molecular weight is 274 g/mol. The van der Waals surface area contributed by atoms with E-state index >= 15 is 0 Å². The normalized spacial score (nSPS) is 10.7. The van der Waals surface area contributed by atoms with Crippen LogP contribution in [0.15, 0.2) is 12.1 Å². The molecule has 0 aromatic carbocycles. The van der Waals surface area contributed by atoms with Crippen molar-refractivity contribution in [2.45, 2.75) is 13.8 Å². The van der Waals surface area contributed by atoms with Crippen molar-refractivity contribution in [2.75, 3.05) is 19.8 Å². The number of carboxylic acids is 1. The number of halogens is 1. The third kappa shape index (κ3) is 4.89. The lowest BCUT2D eigenvalue weighted by Gasteiger charge is -2.09. The highest BCUT2D eigenvalue weighted by Gasteiger charge is 2.13.